The van der Waals surface area contributed by atoms with Crippen molar-refractivity contribution in [3.63, 3.8) is 0 Å². The minimum absolute atomic E-state index is 0.276. The topological polar surface area (TPSA) is 36.3 Å². The molecule has 66 valence electrons. The molecule has 0 amide bonds. The molecule has 2 atom stereocenters. The van der Waals surface area contributed by atoms with Crippen molar-refractivity contribution in [2.24, 2.45) is 0 Å². The largest absolute Gasteiger partial charge is 0.345 e. The first-order valence-electron chi connectivity index (χ1n) is 4.00. The van der Waals surface area contributed by atoms with Gasteiger partial charge in [0.1, 0.15) is 11.4 Å². The van der Waals surface area contributed by atoms with E-state index in [0.29, 0.717) is 0 Å². The molecule has 2 unspecified atom stereocenters. The van der Waals surface area contributed by atoms with Gasteiger partial charge in [-0.25, -0.2) is 4.39 Å². The van der Waals surface area contributed by atoms with Gasteiger partial charge in [-0.1, -0.05) is 12.1 Å². The molecule has 2 nitrogen and oxygen atoms in total. The van der Waals surface area contributed by atoms with E-state index in [0.717, 1.165) is 5.56 Å². The Morgan fingerprint density at radius 1 is 1.46 bits per heavy atom. The third-order valence-corrected chi connectivity index (χ3v) is 2.34. The molecule has 0 spiro atoms. The monoisotopic (exact) mass is 177 g/mol. The lowest BCUT2D eigenvalue weighted by Gasteiger charge is -2.03. The molecule has 0 saturated carbocycles. The summed E-state index contributed by atoms with van der Waals surface area (Å²) in [7, 11) is 0. The fraction of sp³-hybridized carbons (Fsp3) is 0.300. The van der Waals surface area contributed by atoms with E-state index in [1.54, 1.807) is 12.1 Å². The lowest BCUT2D eigenvalue weighted by atomic mass is 9.98. The lowest BCUT2D eigenvalue weighted by Crippen LogP contribution is -2.06. The molecule has 1 aromatic carbocycles. The Morgan fingerprint density at radius 3 is 2.54 bits per heavy atom. The first kappa shape index (κ1) is 8.21. The third kappa shape index (κ3) is 1.20. The van der Waals surface area contributed by atoms with Crippen LogP contribution in [-0.2, 0) is 10.3 Å². The number of epoxide rings is 1. The molecule has 3 heteroatoms. The van der Waals surface area contributed by atoms with Crippen molar-refractivity contribution in [2.75, 3.05) is 0 Å². The van der Waals surface area contributed by atoms with Gasteiger partial charge < -0.3 is 4.74 Å². The summed E-state index contributed by atoms with van der Waals surface area (Å²) < 4.78 is 17.8. The smallest absolute Gasteiger partial charge is 0.178 e. The van der Waals surface area contributed by atoms with Crippen LogP contribution in [0.25, 0.3) is 0 Å². The van der Waals surface area contributed by atoms with Gasteiger partial charge in [0.25, 0.3) is 0 Å². The van der Waals surface area contributed by atoms with Gasteiger partial charge in [-0.05, 0) is 24.6 Å². The Balaban J connectivity index is 2.29. The van der Waals surface area contributed by atoms with Crippen LogP contribution >= 0.6 is 0 Å². The molecule has 1 fully saturated rings. The minimum Gasteiger partial charge on any atom is -0.345 e. The Bertz CT molecular complexity index is 368. The third-order valence-electron chi connectivity index (χ3n) is 2.34. The van der Waals surface area contributed by atoms with E-state index < -0.39 is 11.7 Å². The summed E-state index contributed by atoms with van der Waals surface area (Å²) in [6.45, 7) is 1.83. The van der Waals surface area contributed by atoms with Crippen LogP contribution in [0.1, 0.15) is 12.5 Å². The molecular weight excluding hydrogens is 169 g/mol. The molecule has 0 radical (unpaired) electrons. The standard InChI is InChI=1S/C10H8FNO/c1-10(9(6-12)13-10)7-2-4-8(11)5-3-7/h2-5,9H,1H3. The van der Waals surface area contributed by atoms with Gasteiger partial charge in [0.15, 0.2) is 6.10 Å². The highest BCUT2D eigenvalue weighted by molar-refractivity contribution is 5.31. The van der Waals surface area contributed by atoms with E-state index in [2.05, 4.69) is 0 Å². The second kappa shape index (κ2) is 2.54. The number of ether oxygens (including phenoxy) is 1. The maximum Gasteiger partial charge on any atom is 0.178 e. The van der Waals surface area contributed by atoms with E-state index in [9.17, 15) is 4.39 Å². The van der Waals surface area contributed by atoms with Crippen molar-refractivity contribution in [1.29, 1.82) is 5.26 Å². The first-order valence-corrected chi connectivity index (χ1v) is 4.00. The van der Waals surface area contributed by atoms with Crippen LogP contribution < -0.4 is 0 Å². The zero-order valence-corrected chi connectivity index (χ0v) is 7.12. The minimum atomic E-state index is -0.525. The second-order valence-corrected chi connectivity index (χ2v) is 3.24. The number of nitrogens with zero attached hydrogens (tertiary/aromatic N) is 1. The van der Waals surface area contributed by atoms with Gasteiger partial charge in [0.05, 0.1) is 6.07 Å². The van der Waals surface area contributed by atoms with Crippen molar-refractivity contribution in [3.05, 3.63) is 35.6 Å². The van der Waals surface area contributed by atoms with Crippen LogP contribution in [0.2, 0.25) is 0 Å². The van der Waals surface area contributed by atoms with Crippen molar-refractivity contribution in [3.8, 4) is 6.07 Å². The van der Waals surface area contributed by atoms with Crippen LogP contribution in [0, 0.1) is 17.1 Å². The van der Waals surface area contributed by atoms with E-state index in [1.165, 1.54) is 12.1 Å². The van der Waals surface area contributed by atoms with Crippen LogP contribution in [0.4, 0.5) is 4.39 Å². The zero-order valence-electron chi connectivity index (χ0n) is 7.12. The number of hydrogen-bond donors (Lipinski definition) is 0. The summed E-state index contributed by atoms with van der Waals surface area (Å²) in [5.41, 5.74) is 0.322. The number of hydrogen-bond acceptors (Lipinski definition) is 2. The highest BCUT2D eigenvalue weighted by Gasteiger charge is 2.54. The second-order valence-electron chi connectivity index (χ2n) is 3.24. The number of nitriles is 1. The SMILES string of the molecule is CC1(c2ccc(F)cc2)OC1C#N. The van der Waals surface area contributed by atoms with Crippen LogP contribution in [0.15, 0.2) is 24.3 Å². The predicted octanol–water partition coefficient (Wildman–Crippen LogP) is 1.96. The van der Waals surface area contributed by atoms with E-state index >= 15 is 0 Å². The zero-order chi connectivity index (χ0) is 9.47. The summed E-state index contributed by atoms with van der Waals surface area (Å²) in [6.07, 6.45) is -0.391. The highest BCUT2D eigenvalue weighted by atomic mass is 19.1. The fourth-order valence-electron chi connectivity index (χ4n) is 1.36. The van der Waals surface area contributed by atoms with Gasteiger partial charge in [-0.15, -0.1) is 0 Å². The Morgan fingerprint density at radius 2 is 2.08 bits per heavy atom. The summed E-state index contributed by atoms with van der Waals surface area (Å²) >= 11 is 0. The first-order chi connectivity index (χ1) is 6.16. The van der Waals surface area contributed by atoms with Crippen molar-refractivity contribution >= 4 is 0 Å². The summed E-state index contributed by atoms with van der Waals surface area (Å²) in [4.78, 5) is 0. The van der Waals surface area contributed by atoms with Crippen molar-refractivity contribution < 1.29 is 9.13 Å². The molecule has 0 aromatic heterocycles. The lowest BCUT2D eigenvalue weighted by molar-refractivity contribution is 0.321. The fourth-order valence-corrected chi connectivity index (χ4v) is 1.36. The van der Waals surface area contributed by atoms with E-state index in [1.807, 2.05) is 13.0 Å². The van der Waals surface area contributed by atoms with Gasteiger partial charge in [0, 0.05) is 0 Å². The predicted molar refractivity (Wildman–Crippen MR) is 44.2 cm³/mol. The Labute approximate surface area is 75.6 Å². The molecule has 1 aromatic rings. The molecule has 0 N–H and O–H groups in total. The van der Waals surface area contributed by atoms with E-state index in [4.69, 9.17) is 10.00 Å². The van der Waals surface area contributed by atoms with Gasteiger partial charge in [-0.2, -0.15) is 5.26 Å². The summed E-state index contributed by atoms with van der Waals surface area (Å²) in [5.74, 6) is -0.276. The number of halogens is 1. The maximum atomic E-state index is 12.6. The quantitative estimate of drug-likeness (QED) is 0.615. The van der Waals surface area contributed by atoms with Crippen LogP contribution in [0.3, 0.4) is 0 Å². The van der Waals surface area contributed by atoms with E-state index in [-0.39, 0.29) is 5.82 Å². The molecule has 1 saturated heterocycles. The summed E-state index contributed by atoms with van der Waals surface area (Å²) in [6, 6.07) is 8.06. The number of rotatable bonds is 1. The van der Waals surface area contributed by atoms with Crippen LogP contribution in [0.5, 0.6) is 0 Å². The molecule has 13 heavy (non-hydrogen) atoms. The molecule has 1 heterocycles. The van der Waals surface area contributed by atoms with Crippen LogP contribution in [-0.4, -0.2) is 6.10 Å². The Hall–Kier alpha value is -1.40. The molecular formula is C10H8FNO. The summed E-state index contributed by atoms with van der Waals surface area (Å²) in [5, 5.41) is 8.61. The molecule has 0 bridgehead atoms. The molecule has 1 aliphatic rings. The van der Waals surface area contributed by atoms with Gasteiger partial charge >= 0.3 is 0 Å². The molecule has 1 aliphatic heterocycles. The average molecular weight is 177 g/mol. The number of benzene rings is 1. The molecule has 2 rings (SSSR count). The maximum absolute atomic E-state index is 12.6. The highest BCUT2D eigenvalue weighted by Crippen LogP contribution is 2.45. The van der Waals surface area contributed by atoms with Crippen molar-refractivity contribution in [2.45, 2.75) is 18.6 Å². The van der Waals surface area contributed by atoms with Gasteiger partial charge in [-0.3, -0.25) is 0 Å². The molecule has 0 aliphatic carbocycles. The average Bonchev–Trinajstić information content (AvgIpc) is 2.80. The Kier molecular flexibility index (Phi) is 1.61. The van der Waals surface area contributed by atoms with Gasteiger partial charge in [0.2, 0.25) is 0 Å². The van der Waals surface area contributed by atoms with Crippen molar-refractivity contribution in [1.82, 2.24) is 0 Å². The normalized spacial score (nSPS) is 31.0.